The summed E-state index contributed by atoms with van der Waals surface area (Å²) in [6, 6.07) is 7.93. The second-order valence-corrected chi connectivity index (χ2v) is 4.73. The maximum Gasteiger partial charge on any atom is 0.258 e. The molecule has 0 saturated heterocycles. The lowest BCUT2D eigenvalue weighted by Crippen LogP contribution is -2.17. The molecule has 0 saturated carbocycles. The van der Waals surface area contributed by atoms with Crippen LogP contribution in [0.5, 0.6) is 0 Å². The van der Waals surface area contributed by atoms with Crippen LogP contribution in [-0.4, -0.2) is 23.1 Å². The van der Waals surface area contributed by atoms with E-state index in [1.165, 1.54) is 5.56 Å². The predicted octanol–water partition coefficient (Wildman–Crippen LogP) is 3.24. The van der Waals surface area contributed by atoms with Gasteiger partial charge in [-0.1, -0.05) is 52.0 Å². The molecule has 4 N–H and O–H groups in total. The Morgan fingerprint density at radius 1 is 1.12 bits per heavy atom. The second-order valence-electron chi connectivity index (χ2n) is 4.73. The topological polar surface area (TPSA) is 83.8 Å². The number of hydrogen-bond donors (Lipinski definition) is 3. The van der Waals surface area contributed by atoms with Crippen molar-refractivity contribution in [1.29, 1.82) is 0 Å². The van der Waals surface area contributed by atoms with Gasteiger partial charge in [0.25, 0.3) is 5.56 Å². The molecule has 24 heavy (non-hydrogen) atoms. The zero-order chi connectivity index (χ0) is 18.4. The van der Waals surface area contributed by atoms with E-state index in [2.05, 4.69) is 15.3 Å². The van der Waals surface area contributed by atoms with Crippen LogP contribution in [0.15, 0.2) is 35.3 Å². The van der Waals surface area contributed by atoms with Crippen molar-refractivity contribution >= 4 is 0 Å². The molecule has 1 aromatic heterocycles. The Labute approximate surface area is 145 Å². The number of nitrogens with zero attached hydrogens (tertiary/aromatic N) is 1. The summed E-state index contributed by atoms with van der Waals surface area (Å²) in [5, 5.41) is 3.32. The van der Waals surface area contributed by atoms with Gasteiger partial charge in [-0.25, -0.2) is 4.98 Å². The van der Waals surface area contributed by atoms with Gasteiger partial charge in [0.15, 0.2) is 0 Å². The lowest BCUT2D eigenvalue weighted by molar-refractivity contribution is 0.655. The van der Waals surface area contributed by atoms with Crippen LogP contribution in [0.3, 0.4) is 0 Å². The minimum Gasteiger partial charge on any atom is -0.330 e. The number of rotatable bonds is 6. The molecule has 2 aromatic rings. The van der Waals surface area contributed by atoms with Crippen molar-refractivity contribution in [1.82, 2.24) is 15.3 Å². The first kappa shape index (κ1) is 22.0. The van der Waals surface area contributed by atoms with Gasteiger partial charge >= 0.3 is 0 Å². The molecule has 0 aliphatic carbocycles. The van der Waals surface area contributed by atoms with Crippen molar-refractivity contribution < 1.29 is 0 Å². The van der Waals surface area contributed by atoms with E-state index in [1.807, 2.05) is 52.0 Å². The predicted molar refractivity (Wildman–Crippen MR) is 103 cm³/mol. The SMILES string of the molecule is CC.CC.Cc1ncc(-c2ccc(CNCCCN)cc2)c(=O)[nH]1. The molecule has 0 aliphatic heterocycles. The lowest BCUT2D eigenvalue weighted by atomic mass is 10.1. The van der Waals surface area contributed by atoms with Crippen molar-refractivity contribution in [2.45, 2.75) is 47.6 Å². The summed E-state index contributed by atoms with van der Waals surface area (Å²) in [6.45, 7) is 12.2. The average molecular weight is 332 g/mol. The molecule has 0 unspecified atom stereocenters. The number of aryl methyl sites for hydroxylation is 1. The molecule has 0 amide bonds. The summed E-state index contributed by atoms with van der Waals surface area (Å²) in [5.41, 5.74) is 7.99. The van der Waals surface area contributed by atoms with Crippen LogP contribution < -0.4 is 16.6 Å². The molecule has 0 aliphatic rings. The quantitative estimate of drug-likeness (QED) is 0.709. The van der Waals surface area contributed by atoms with Gasteiger partial charge in [0.1, 0.15) is 5.82 Å². The van der Waals surface area contributed by atoms with Gasteiger partial charge in [0, 0.05) is 12.7 Å². The first-order valence-corrected chi connectivity index (χ1v) is 8.76. The second kappa shape index (κ2) is 13.5. The Balaban J connectivity index is 0.00000123. The Morgan fingerprint density at radius 2 is 1.75 bits per heavy atom. The summed E-state index contributed by atoms with van der Waals surface area (Å²) < 4.78 is 0. The molecule has 0 fully saturated rings. The minimum absolute atomic E-state index is 0.105. The van der Waals surface area contributed by atoms with E-state index in [1.54, 1.807) is 13.1 Å². The molecule has 0 bridgehead atoms. The van der Waals surface area contributed by atoms with Crippen molar-refractivity contribution in [2.24, 2.45) is 5.73 Å². The number of nitrogens with two attached hydrogens (primary N) is 1. The largest absolute Gasteiger partial charge is 0.330 e. The Kier molecular flexibility index (Phi) is 12.3. The van der Waals surface area contributed by atoms with Gasteiger partial charge in [-0.3, -0.25) is 4.79 Å². The monoisotopic (exact) mass is 332 g/mol. The van der Waals surface area contributed by atoms with Crippen molar-refractivity contribution in [3.8, 4) is 11.1 Å². The number of hydrogen-bond acceptors (Lipinski definition) is 4. The molecule has 5 heteroatoms. The summed E-state index contributed by atoms with van der Waals surface area (Å²) in [6.07, 6.45) is 2.59. The maximum absolute atomic E-state index is 11.8. The molecule has 1 aromatic carbocycles. The molecule has 2 rings (SSSR count). The Bertz CT molecular complexity index is 606. The van der Waals surface area contributed by atoms with Crippen LogP contribution in [0.25, 0.3) is 11.1 Å². The fourth-order valence-corrected chi connectivity index (χ4v) is 1.95. The standard InChI is InChI=1S/C15H20N4O.2C2H6/c1-11-18-10-14(15(20)19-11)13-5-3-12(4-6-13)9-17-8-2-7-16;2*1-2/h3-6,10,17H,2,7-9,16H2,1H3,(H,18,19,20);2*1-2H3. The first-order valence-electron chi connectivity index (χ1n) is 8.76. The van der Waals surface area contributed by atoms with Gasteiger partial charge in [-0.2, -0.15) is 0 Å². The molecule has 1 heterocycles. The van der Waals surface area contributed by atoms with Gasteiger partial charge < -0.3 is 16.0 Å². The normalized spacial score (nSPS) is 9.42. The lowest BCUT2D eigenvalue weighted by Gasteiger charge is -2.06. The number of aromatic amines is 1. The third kappa shape index (κ3) is 7.53. The van der Waals surface area contributed by atoms with Gasteiger partial charge in [-0.05, 0) is 37.6 Å². The highest BCUT2D eigenvalue weighted by atomic mass is 16.1. The third-order valence-corrected chi connectivity index (χ3v) is 3.08. The van der Waals surface area contributed by atoms with Crippen LogP contribution in [0.1, 0.15) is 45.5 Å². The highest BCUT2D eigenvalue weighted by Gasteiger charge is 2.04. The fourth-order valence-electron chi connectivity index (χ4n) is 1.95. The van der Waals surface area contributed by atoms with Crippen molar-refractivity contribution in [3.05, 3.63) is 52.2 Å². The molecule has 5 nitrogen and oxygen atoms in total. The number of H-pyrrole nitrogens is 1. The van der Waals surface area contributed by atoms with Crippen molar-refractivity contribution in [2.75, 3.05) is 13.1 Å². The number of benzene rings is 1. The number of aromatic nitrogens is 2. The van der Waals surface area contributed by atoms with E-state index >= 15 is 0 Å². The Hall–Kier alpha value is -1.98. The minimum atomic E-state index is -0.105. The van der Waals surface area contributed by atoms with Crippen LogP contribution in [0, 0.1) is 6.92 Å². The van der Waals surface area contributed by atoms with E-state index in [0.717, 1.165) is 25.1 Å². The molecule has 0 radical (unpaired) electrons. The molecule has 134 valence electrons. The maximum atomic E-state index is 11.8. The fraction of sp³-hybridized carbons (Fsp3) is 0.474. The zero-order valence-electron chi connectivity index (χ0n) is 15.6. The van der Waals surface area contributed by atoms with Gasteiger partial charge in [0.2, 0.25) is 0 Å². The van der Waals surface area contributed by atoms with E-state index in [4.69, 9.17) is 5.73 Å². The van der Waals surface area contributed by atoms with E-state index in [-0.39, 0.29) is 5.56 Å². The van der Waals surface area contributed by atoms with Crippen molar-refractivity contribution in [3.63, 3.8) is 0 Å². The van der Waals surface area contributed by atoms with E-state index in [9.17, 15) is 4.79 Å². The molecular weight excluding hydrogens is 300 g/mol. The summed E-state index contributed by atoms with van der Waals surface area (Å²) in [5.74, 6) is 0.625. The first-order chi connectivity index (χ1) is 11.7. The smallest absolute Gasteiger partial charge is 0.258 e. The highest BCUT2D eigenvalue weighted by molar-refractivity contribution is 5.61. The van der Waals surface area contributed by atoms with Crippen LogP contribution in [0.2, 0.25) is 0 Å². The zero-order valence-corrected chi connectivity index (χ0v) is 15.6. The van der Waals surface area contributed by atoms with E-state index in [0.29, 0.717) is 17.9 Å². The van der Waals surface area contributed by atoms with Gasteiger partial charge in [0.05, 0.1) is 5.56 Å². The van der Waals surface area contributed by atoms with Crippen LogP contribution in [0.4, 0.5) is 0 Å². The number of nitrogens with one attached hydrogen (secondary N) is 2. The summed E-state index contributed by atoms with van der Waals surface area (Å²) in [4.78, 5) is 18.7. The average Bonchev–Trinajstić information content (AvgIpc) is 2.63. The molecule has 0 spiro atoms. The Morgan fingerprint density at radius 3 is 2.29 bits per heavy atom. The third-order valence-electron chi connectivity index (χ3n) is 3.08. The van der Waals surface area contributed by atoms with Crippen LogP contribution >= 0.6 is 0 Å². The molecule has 0 atom stereocenters. The summed E-state index contributed by atoms with van der Waals surface area (Å²) in [7, 11) is 0. The highest BCUT2D eigenvalue weighted by Crippen LogP contribution is 2.15. The molecular formula is C19H32N4O. The summed E-state index contributed by atoms with van der Waals surface area (Å²) >= 11 is 0. The van der Waals surface area contributed by atoms with Crippen LogP contribution in [-0.2, 0) is 6.54 Å². The van der Waals surface area contributed by atoms with Gasteiger partial charge in [-0.15, -0.1) is 0 Å². The van der Waals surface area contributed by atoms with E-state index < -0.39 is 0 Å².